The predicted octanol–water partition coefficient (Wildman–Crippen LogP) is 2.00. The zero-order valence-corrected chi connectivity index (χ0v) is 8.91. The summed E-state index contributed by atoms with van der Waals surface area (Å²) in [6.45, 7) is 2.29. The summed E-state index contributed by atoms with van der Waals surface area (Å²) in [6.07, 6.45) is 6.73. The third-order valence-corrected chi connectivity index (χ3v) is 3.34. The van der Waals surface area contributed by atoms with Crippen LogP contribution in [0.1, 0.15) is 45.4 Å². The molecule has 0 spiro atoms. The molecule has 1 saturated carbocycles. The van der Waals surface area contributed by atoms with Gasteiger partial charge in [-0.3, -0.25) is 4.79 Å². The molecule has 1 aliphatic rings. The van der Waals surface area contributed by atoms with Gasteiger partial charge in [-0.2, -0.15) is 0 Å². The number of aliphatic carboxylic acids is 1. The van der Waals surface area contributed by atoms with Crippen LogP contribution < -0.4 is 5.73 Å². The monoisotopic (exact) mass is 199 g/mol. The van der Waals surface area contributed by atoms with E-state index in [9.17, 15) is 4.79 Å². The summed E-state index contributed by atoms with van der Waals surface area (Å²) in [5.41, 5.74) is 5.46. The summed E-state index contributed by atoms with van der Waals surface area (Å²) in [6, 6.07) is -0.658. The molecular formula is C11H21NO2. The van der Waals surface area contributed by atoms with E-state index in [-0.39, 0.29) is 0 Å². The van der Waals surface area contributed by atoms with E-state index in [0.717, 1.165) is 18.3 Å². The van der Waals surface area contributed by atoms with Crippen molar-refractivity contribution < 1.29 is 9.90 Å². The first-order chi connectivity index (χ1) is 6.59. The Balaban J connectivity index is 2.16. The van der Waals surface area contributed by atoms with Crippen LogP contribution in [0.25, 0.3) is 0 Å². The maximum atomic E-state index is 10.5. The molecule has 1 fully saturated rings. The van der Waals surface area contributed by atoms with Crippen molar-refractivity contribution in [1.82, 2.24) is 0 Å². The number of hydrogen-bond donors (Lipinski definition) is 2. The lowest BCUT2D eigenvalue weighted by atomic mass is 9.80. The van der Waals surface area contributed by atoms with Crippen LogP contribution in [0.15, 0.2) is 0 Å². The van der Waals surface area contributed by atoms with Crippen molar-refractivity contribution in [2.75, 3.05) is 0 Å². The maximum absolute atomic E-state index is 10.5. The molecule has 1 atom stereocenters. The van der Waals surface area contributed by atoms with Crippen molar-refractivity contribution in [1.29, 1.82) is 0 Å². The number of carbonyl (C=O) groups is 1. The van der Waals surface area contributed by atoms with Crippen LogP contribution in [0.4, 0.5) is 0 Å². The van der Waals surface area contributed by atoms with E-state index in [1.165, 1.54) is 25.7 Å². The quantitative estimate of drug-likeness (QED) is 0.728. The van der Waals surface area contributed by atoms with Gasteiger partial charge < -0.3 is 10.8 Å². The molecule has 0 radical (unpaired) electrons. The van der Waals surface area contributed by atoms with E-state index in [0.29, 0.717) is 6.42 Å². The third kappa shape index (κ3) is 3.66. The number of nitrogens with two attached hydrogens (primary N) is 1. The fraction of sp³-hybridized carbons (Fsp3) is 0.909. The molecule has 0 aromatic rings. The molecule has 82 valence electrons. The number of carboxylic acid groups (broad SMARTS) is 1. The highest BCUT2D eigenvalue weighted by Crippen LogP contribution is 2.31. The zero-order valence-electron chi connectivity index (χ0n) is 8.91. The fourth-order valence-corrected chi connectivity index (χ4v) is 2.16. The molecule has 1 rings (SSSR count). The highest BCUT2D eigenvalue weighted by molar-refractivity contribution is 5.72. The van der Waals surface area contributed by atoms with Gasteiger partial charge in [0.25, 0.3) is 0 Å². The zero-order chi connectivity index (χ0) is 10.6. The average molecular weight is 199 g/mol. The molecular weight excluding hydrogens is 178 g/mol. The molecule has 3 nitrogen and oxygen atoms in total. The SMILES string of the molecule is CC1CCC(CCC(N)C(=O)O)CC1. The Bertz CT molecular complexity index is 186. The second-order valence-electron chi connectivity index (χ2n) is 4.65. The van der Waals surface area contributed by atoms with Gasteiger partial charge in [0.15, 0.2) is 0 Å². The molecule has 0 saturated heterocycles. The Hall–Kier alpha value is -0.570. The molecule has 14 heavy (non-hydrogen) atoms. The second kappa shape index (κ2) is 5.35. The summed E-state index contributed by atoms with van der Waals surface area (Å²) in [4.78, 5) is 10.5. The van der Waals surface area contributed by atoms with E-state index in [4.69, 9.17) is 10.8 Å². The molecule has 0 heterocycles. The minimum absolute atomic E-state index is 0.633. The van der Waals surface area contributed by atoms with Gasteiger partial charge in [-0.15, -0.1) is 0 Å². The summed E-state index contributed by atoms with van der Waals surface area (Å²) in [7, 11) is 0. The lowest BCUT2D eigenvalue weighted by molar-refractivity contribution is -0.138. The first kappa shape index (κ1) is 11.5. The Morgan fingerprint density at radius 1 is 1.43 bits per heavy atom. The van der Waals surface area contributed by atoms with Crippen LogP contribution in [0.5, 0.6) is 0 Å². The Morgan fingerprint density at radius 2 is 2.00 bits per heavy atom. The van der Waals surface area contributed by atoms with Crippen molar-refractivity contribution in [3.63, 3.8) is 0 Å². The molecule has 1 unspecified atom stereocenters. The molecule has 0 aromatic carbocycles. The van der Waals surface area contributed by atoms with Gasteiger partial charge in [0, 0.05) is 0 Å². The first-order valence-corrected chi connectivity index (χ1v) is 5.58. The van der Waals surface area contributed by atoms with Crippen LogP contribution in [-0.2, 0) is 4.79 Å². The van der Waals surface area contributed by atoms with Gasteiger partial charge in [0.05, 0.1) is 0 Å². The summed E-state index contributed by atoms with van der Waals surface area (Å²) in [5, 5.41) is 8.63. The first-order valence-electron chi connectivity index (χ1n) is 5.58. The van der Waals surface area contributed by atoms with Crippen LogP contribution >= 0.6 is 0 Å². The van der Waals surface area contributed by atoms with Gasteiger partial charge in [-0.1, -0.05) is 32.6 Å². The van der Waals surface area contributed by atoms with Crippen LogP contribution in [-0.4, -0.2) is 17.1 Å². The van der Waals surface area contributed by atoms with Gasteiger partial charge in [0.1, 0.15) is 6.04 Å². The van der Waals surface area contributed by atoms with Crippen molar-refractivity contribution >= 4 is 5.97 Å². The summed E-state index contributed by atoms with van der Waals surface area (Å²) >= 11 is 0. The van der Waals surface area contributed by atoms with E-state index >= 15 is 0 Å². The molecule has 3 heteroatoms. The Labute approximate surface area is 85.7 Å². The van der Waals surface area contributed by atoms with E-state index < -0.39 is 12.0 Å². The largest absolute Gasteiger partial charge is 0.480 e. The van der Waals surface area contributed by atoms with Gasteiger partial charge in [0.2, 0.25) is 0 Å². The summed E-state index contributed by atoms with van der Waals surface area (Å²) in [5.74, 6) is 0.713. The van der Waals surface area contributed by atoms with Crippen LogP contribution in [0.2, 0.25) is 0 Å². The van der Waals surface area contributed by atoms with Gasteiger partial charge in [-0.25, -0.2) is 0 Å². The third-order valence-electron chi connectivity index (χ3n) is 3.34. The molecule has 0 amide bonds. The van der Waals surface area contributed by atoms with Gasteiger partial charge in [-0.05, 0) is 24.7 Å². The average Bonchev–Trinajstić information content (AvgIpc) is 2.16. The highest BCUT2D eigenvalue weighted by atomic mass is 16.4. The topological polar surface area (TPSA) is 63.3 Å². The Morgan fingerprint density at radius 3 is 2.50 bits per heavy atom. The standard InChI is InChI=1S/C11H21NO2/c1-8-2-4-9(5-3-8)6-7-10(12)11(13)14/h8-10H,2-7,12H2,1H3,(H,13,14). The normalized spacial score (nSPS) is 29.9. The fourth-order valence-electron chi connectivity index (χ4n) is 2.16. The minimum atomic E-state index is -0.867. The number of rotatable bonds is 4. The second-order valence-corrected chi connectivity index (χ2v) is 4.65. The number of carboxylic acids is 1. The molecule has 1 aliphatic carbocycles. The maximum Gasteiger partial charge on any atom is 0.320 e. The molecule has 0 aromatic heterocycles. The smallest absolute Gasteiger partial charge is 0.320 e. The van der Waals surface area contributed by atoms with E-state index in [1.807, 2.05) is 0 Å². The van der Waals surface area contributed by atoms with E-state index in [1.54, 1.807) is 0 Å². The lowest BCUT2D eigenvalue weighted by Gasteiger charge is -2.26. The van der Waals surface area contributed by atoms with Crippen molar-refractivity contribution in [3.05, 3.63) is 0 Å². The van der Waals surface area contributed by atoms with Crippen LogP contribution in [0, 0.1) is 11.8 Å². The number of hydrogen-bond acceptors (Lipinski definition) is 2. The molecule has 0 bridgehead atoms. The van der Waals surface area contributed by atoms with Gasteiger partial charge >= 0.3 is 5.97 Å². The lowest BCUT2D eigenvalue weighted by Crippen LogP contribution is -2.30. The predicted molar refractivity (Wildman–Crippen MR) is 56.0 cm³/mol. The van der Waals surface area contributed by atoms with Crippen LogP contribution in [0.3, 0.4) is 0 Å². The Kier molecular flexibility index (Phi) is 4.39. The molecule has 3 N–H and O–H groups in total. The van der Waals surface area contributed by atoms with Crippen molar-refractivity contribution in [2.45, 2.75) is 51.5 Å². The highest BCUT2D eigenvalue weighted by Gasteiger charge is 2.20. The minimum Gasteiger partial charge on any atom is -0.480 e. The summed E-state index contributed by atoms with van der Waals surface area (Å²) < 4.78 is 0. The van der Waals surface area contributed by atoms with Crippen molar-refractivity contribution in [3.8, 4) is 0 Å². The molecule has 0 aliphatic heterocycles. The van der Waals surface area contributed by atoms with Crippen molar-refractivity contribution in [2.24, 2.45) is 17.6 Å². The van der Waals surface area contributed by atoms with E-state index in [2.05, 4.69) is 6.92 Å².